The van der Waals surface area contributed by atoms with E-state index in [0.29, 0.717) is 25.4 Å². The fourth-order valence-electron chi connectivity index (χ4n) is 2.80. The maximum absolute atomic E-state index is 12.9. The summed E-state index contributed by atoms with van der Waals surface area (Å²) in [6.07, 6.45) is 4.50. The van der Waals surface area contributed by atoms with Crippen molar-refractivity contribution in [3.05, 3.63) is 24.2 Å². The molecule has 0 spiro atoms. The molecule has 2 rings (SSSR count). The third kappa shape index (κ3) is 3.85. The summed E-state index contributed by atoms with van der Waals surface area (Å²) in [5.41, 5.74) is 0. The van der Waals surface area contributed by atoms with Crippen molar-refractivity contribution in [2.24, 2.45) is 0 Å². The normalized spacial score (nSPS) is 21.0. The second kappa shape index (κ2) is 7.40. The lowest BCUT2D eigenvalue weighted by Crippen LogP contribution is -2.53. The van der Waals surface area contributed by atoms with Crippen LogP contribution in [0.4, 0.5) is 0 Å². The predicted molar refractivity (Wildman–Crippen MR) is 82.0 cm³/mol. The first-order chi connectivity index (χ1) is 10.1. The van der Waals surface area contributed by atoms with Crippen LogP contribution in [0.15, 0.2) is 22.8 Å². The summed E-state index contributed by atoms with van der Waals surface area (Å²) in [5, 5.41) is 3.10. The Morgan fingerprint density at radius 3 is 2.90 bits per heavy atom. The molecule has 1 aromatic heterocycles. The first kappa shape index (κ1) is 16.5. The van der Waals surface area contributed by atoms with Crippen molar-refractivity contribution in [2.75, 3.05) is 26.7 Å². The van der Waals surface area contributed by atoms with Gasteiger partial charge in [0.15, 0.2) is 0 Å². The molecule has 1 unspecified atom stereocenters. The van der Waals surface area contributed by atoms with Crippen LogP contribution >= 0.6 is 0 Å². The van der Waals surface area contributed by atoms with E-state index in [-0.39, 0.29) is 12.6 Å². The van der Waals surface area contributed by atoms with Gasteiger partial charge in [-0.05, 0) is 32.0 Å². The lowest BCUT2D eigenvalue weighted by atomic mass is 10.1. The molecule has 7 heteroatoms. The average Bonchev–Trinajstić information content (AvgIpc) is 2.98. The monoisotopic (exact) mass is 315 g/mol. The molecule has 6 nitrogen and oxygen atoms in total. The average molecular weight is 315 g/mol. The van der Waals surface area contributed by atoms with Gasteiger partial charge in [-0.25, -0.2) is 0 Å². The zero-order valence-corrected chi connectivity index (χ0v) is 13.6. The van der Waals surface area contributed by atoms with Crippen molar-refractivity contribution < 1.29 is 12.8 Å². The molecule has 1 N–H and O–H groups in total. The molecule has 0 bridgehead atoms. The summed E-state index contributed by atoms with van der Waals surface area (Å²) in [6, 6.07) is 3.62. The van der Waals surface area contributed by atoms with Crippen molar-refractivity contribution in [3.8, 4) is 0 Å². The maximum atomic E-state index is 12.9. The Labute approximate surface area is 127 Å². The molecule has 1 atom stereocenters. The van der Waals surface area contributed by atoms with Crippen LogP contribution in [-0.4, -0.2) is 49.8 Å². The fourth-order valence-corrected chi connectivity index (χ4v) is 4.63. The minimum Gasteiger partial charge on any atom is -0.468 e. The molecule has 1 aliphatic heterocycles. The number of rotatable bonds is 7. The van der Waals surface area contributed by atoms with Crippen molar-refractivity contribution in [2.45, 2.75) is 38.8 Å². The third-order valence-corrected chi connectivity index (χ3v) is 6.01. The van der Waals surface area contributed by atoms with Gasteiger partial charge in [0.05, 0.1) is 12.8 Å². The maximum Gasteiger partial charge on any atom is 0.282 e. The Hall–Kier alpha value is -0.890. The number of hydrogen-bond acceptors (Lipinski definition) is 4. The minimum atomic E-state index is -3.45. The van der Waals surface area contributed by atoms with E-state index in [0.717, 1.165) is 19.3 Å². The van der Waals surface area contributed by atoms with Crippen LogP contribution in [0.1, 0.15) is 31.9 Å². The van der Waals surface area contributed by atoms with E-state index in [2.05, 4.69) is 5.32 Å². The lowest BCUT2D eigenvalue weighted by molar-refractivity contribution is 0.225. The number of likely N-dealkylation sites (N-methyl/N-ethyl adjacent to an activating group) is 1. The van der Waals surface area contributed by atoms with Crippen LogP contribution in [-0.2, 0) is 16.8 Å². The SMILES string of the molecule is CCN(Cc1ccco1)S(=O)(=O)N1CCCCC1CNC. The standard InChI is InChI=1S/C14H25N3O3S/c1-3-16(12-14-8-6-10-20-14)21(18,19)17-9-5-4-7-13(17)11-15-2/h6,8,10,13,15H,3-5,7,9,11-12H2,1-2H3. The molecule has 1 saturated heterocycles. The highest BCUT2D eigenvalue weighted by atomic mass is 32.2. The van der Waals surface area contributed by atoms with Crippen LogP contribution in [0.2, 0.25) is 0 Å². The molecule has 2 heterocycles. The second-order valence-corrected chi connectivity index (χ2v) is 7.21. The van der Waals surface area contributed by atoms with Gasteiger partial charge in [-0.15, -0.1) is 0 Å². The summed E-state index contributed by atoms with van der Waals surface area (Å²) in [7, 11) is -1.59. The van der Waals surface area contributed by atoms with Gasteiger partial charge >= 0.3 is 0 Å². The van der Waals surface area contributed by atoms with Gasteiger partial charge in [0, 0.05) is 25.7 Å². The highest BCUT2D eigenvalue weighted by Crippen LogP contribution is 2.23. The van der Waals surface area contributed by atoms with Crippen molar-refractivity contribution in [1.29, 1.82) is 0 Å². The Bertz CT molecular complexity index is 514. The molecule has 0 amide bonds. The first-order valence-corrected chi connectivity index (χ1v) is 8.93. The molecular weight excluding hydrogens is 290 g/mol. The van der Waals surface area contributed by atoms with E-state index in [1.807, 2.05) is 14.0 Å². The molecule has 1 fully saturated rings. The Morgan fingerprint density at radius 1 is 1.48 bits per heavy atom. The zero-order chi connectivity index (χ0) is 15.3. The van der Waals surface area contributed by atoms with Crippen molar-refractivity contribution >= 4 is 10.2 Å². The summed E-state index contributed by atoms with van der Waals surface area (Å²) in [6.45, 7) is 3.87. The number of nitrogens with zero attached hydrogens (tertiary/aromatic N) is 2. The summed E-state index contributed by atoms with van der Waals surface area (Å²) >= 11 is 0. The van der Waals surface area contributed by atoms with Crippen molar-refractivity contribution in [3.63, 3.8) is 0 Å². The molecule has 1 aromatic rings. The Morgan fingerprint density at radius 2 is 2.29 bits per heavy atom. The Kier molecular flexibility index (Phi) is 5.80. The Balaban J connectivity index is 2.16. The summed E-state index contributed by atoms with van der Waals surface area (Å²) < 4.78 is 34.2. The number of furan rings is 1. The number of piperidine rings is 1. The molecule has 1 aliphatic rings. The zero-order valence-electron chi connectivity index (χ0n) is 12.8. The summed E-state index contributed by atoms with van der Waals surface area (Å²) in [4.78, 5) is 0. The van der Waals surface area contributed by atoms with E-state index < -0.39 is 10.2 Å². The van der Waals surface area contributed by atoms with Crippen LogP contribution in [0.25, 0.3) is 0 Å². The molecule has 120 valence electrons. The lowest BCUT2D eigenvalue weighted by Gasteiger charge is -2.37. The molecule has 0 aliphatic carbocycles. The smallest absolute Gasteiger partial charge is 0.282 e. The van der Waals surface area contributed by atoms with E-state index in [1.165, 1.54) is 4.31 Å². The van der Waals surface area contributed by atoms with Gasteiger partial charge in [0.1, 0.15) is 5.76 Å². The van der Waals surface area contributed by atoms with Gasteiger partial charge in [0.2, 0.25) is 0 Å². The molecule has 21 heavy (non-hydrogen) atoms. The number of hydrogen-bond donors (Lipinski definition) is 1. The van der Waals surface area contributed by atoms with Gasteiger partial charge in [-0.3, -0.25) is 0 Å². The highest BCUT2D eigenvalue weighted by molar-refractivity contribution is 7.86. The van der Waals surface area contributed by atoms with E-state index in [9.17, 15) is 8.42 Å². The van der Waals surface area contributed by atoms with Crippen LogP contribution in [0.5, 0.6) is 0 Å². The predicted octanol–water partition coefficient (Wildman–Crippen LogP) is 1.42. The minimum absolute atomic E-state index is 0.0411. The first-order valence-electron chi connectivity index (χ1n) is 7.53. The molecule has 0 aromatic carbocycles. The van der Waals surface area contributed by atoms with Gasteiger partial charge in [0.25, 0.3) is 10.2 Å². The van der Waals surface area contributed by atoms with Gasteiger partial charge in [-0.2, -0.15) is 17.0 Å². The number of nitrogens with one attached hydrogen (secondary N) is 1. The largest absolute Gasteiger partial charge is 0.468 e. The van der Waals surface area contributed by atoms with E-state index in [1.54, 1.807) is 22.7 Å². The van der Waals surface area contributed by atoms with Crippen LogP contribution < -0.4 is 5.32 Å². The molecule has 0 radical (unpaired) electrons. The summed E-state index contributed by atoms with van der Waals surface area (Å²) in [5.74, 6) is 0.669. The second-order valence-electron chi connectivity index (χ2n) is 5.33. The van der Waals surface area contributed by atoms with Crippen molar-refractivity contribution in [1.82, 2.24) is 13.9 Å². The van der Waals surface area contributed by atoms with E-state index in [4.69, 9.17) is 4.42 Å². The topological polar surface area (TPSA) is 65.8 Å². The van der Waals surface area contributed by atoms with E-state index >= 15 is 0 Å². The van der Waals surface area contributed by atoms with Crippen LogP contribution in [0.3, 0.4) is 0 Å². The van der Waals surface area contributed by atoms with Gasteiger partial charge < -0.3 is 9.73 Å². The fraction of sp³-hybridized carbons (Fsp3) is 0.714. The third-order valence-electron chi connectivity index (χ3n) is 3.90. The molecule has 0 saturated carbocycles. The van der Waals surface area contributed by atoms with Crippen LogP contribution in [0, 0.1) is 0 Å². The van der Waals surface area contributed by atoms with Gasteiger partial charge in [-0.1, -0.05) is 13.3 Å². The molecular formula is C14H25N3O3S. The highest BCUT2D eigenvalue weighted by Gasteiger charge is 2.35. The quantitative estimate of drug-likeness (QED) is 0.826.